The van der Waals surface area contributed by atoms with Crippen LogP contribution in [0.3, 0.4) is 0 Å². The van der Waals surface area contributed by atoms with Crippen molar-refractivity contribution < 1.29 is 17.9 Å². The van der Waals surface area contributed by atoms with Crippen molar-refractivity contribution in [2.75, 3.05) is 12.9 Å². The van der Waals surface area contributed by atoms with E-state index < -0.39 is 15.1 Å². The number of hydrogen-bond donors (Lipinski definition) is 0. The lowest BCUT2D eigenvalue weighted by Gasteiger charge is -2.09. The van der Waals surface area contributed by atoms with Gasteiger partial charge in [-0.25, -0.2) is 8.42 Å². The van der Waals surface area contributed by atoms with E-state index in [0.717, 1.165) is 5.56 Å². The molecule has 0 aliphatic rings. The van der Waals surface area contributed by atoms with E-state index in [0.29, 0.717) is 0 Å². The molecule has 94 valence electrons. The van der Waals surface area contributed by atoms with Gasteiger partial charge in [-0.15, -0.1) is 0 Å². The third-order valence-electron chi connectivity index (χ3n) is 2.22. The van der Waals surface area contributed by atoms with Crippen LogP contribution in [0.15, 0.2) is 23.1 Å². The van der Waals surface area contributed by atoms with Crippen molar-refractivity contribution in [3.05, 3.63) is 23.8 Å². The number of ether oxygens (including phenoxy) is 1. The number of hydrogen-bond acceptors (Lipinski definition) is 4. The molecule has 1 aromatic rings. The Bertz CT molecular complexity index is 522. The Balaban J connectivity index is 3.13. The van der Waals surface area contributed by atoms with Gasteiger partial charge in [0.05, 0.1) is 12.9 Å². The number of rotatable bonds is 5. The van der Waals surface area contributed by atoms with Crippen LogP contribution in [0.4, 0.5) is 0 Å². The van der Waals surface area contributed by atoms with Gasteiger partial charge < -0.3 is 4.74 Å². The average Bonchev–Trinajstić information content (AvgIpc) is 2.26. The minimum absolute atomic E-state index is 0.0953. The first kappa shape index (κ1) is 14.0. The van der Waals surface area contributed by atoms with Crippen LogP contribution in [0.1, 0.15) is 12.0 Å². The molecule has 0 amide bonds. The van der Waals surface area contributed by atoms with Crippen LogP contribution in [0.25, 0.3) is 0 Å². The molecule has 6 heteroatoms. The van der Waals surface area contributed by atoms with Crippen LogP contribution in [0, 0.1) is 6.92 Å². The summed E-state index contributed by atoms with van der Waals surface area (Å²) in [6.07, 6.45) is -0.207. The quantitative estimate of drug-likeness (QED) is 0.771. The molecule has 0 radical (unpaired) electrons. The lowest BCUT2D eigenvalue weighted by atomic mass is 10.2. The summed E-state index contributed by atoms with van der Waals surface area (Å²) in [5, 5.41) is -0.666. The standard InChI is InChI=1S/C11H13ClO4S/c1-8-3-4-9(16-2)10(7-8)17(14,15)6-5-11(12)13/h3-4,7H,5-6H2,1-2H3. The molecule has 4 nitrogen and oxygen atoms in total. The second-order valence-electron chi connectivity index (χ2n) is 3.58. The van der Waals surface area contributed by atoms with Crippen LogP contribution in [-0.4, -0.2) is 26.5 Å². The third-order valence-corrected chi connectivity index (χ3v) is 4.14. The number of carbonyl (C=O) groups excluding carboxylic acids is 1. The second kappa shape index (κ2) is 5.51. The van der Waals surface area contributed by atoms with Crippen molar-refractivity contribution in [3.8, 4) is 5.75 Å². The Morgan fingerprint density at radius 3 is 2.59 bits per heavy atom. The Hall–Kier alpha value is -1.07. The molecule has 0 unspecified atom stereocenters. The highest BCUT2D eigenvalue weighted by molar-refractivity contribution is 7.91. The van der Waals surface area contributed by atoms with E-state index in [1.807, 2.05) is 0 Å². The first-order chi connectivity index (χ1) is 7.86. The molecular formula is C11H13ClO4S. The number of carbonyl (C=O) groups is 1. The van der Waals surface area contributed by atoms with Crippen molar-refractivity contribution in [1.29, 1.82) is 0 Å². The van der Waals surface area contributed by atoms with Crippen LogP contribution >= 0.6 is 11.6 Å². The highest BCUT2D eigenvalue weighted by atomic mass is 35.5. The van der Waals surface area contributed by atoms with Gasteiger partial charge in [0.25, 0.3) is 0 Å². The predicted molar refractivity (Wildman–Crippen MR) is 65.3 cm³/mol. The number of sulfone groups is 1. The Kier molecular flexibility index (Phi) is 4.54. The molecule has 17 heavy (non-hydrogen) atoms. The van der Waals surface area contributed by atoms with Crippen LogP contribution in [0.2, 0.25) is 0 Å². The van der Waals surface area contributed by atoms with Gasteiger partial charge in [-0.1, -0.05) is 6.07 Å². The molecule has 1 rings (SSSR count). The van der Waals surface area contributed by atoms with E-state index >= 15 is 0 Å². The largest absolute Gasteiger partial charge is 0.495 e. The van der Waals surface area contributed by atoms with E-state index in [4.69, 9.17) is 16.3 Å². The third kappa shape index (κ3) is 3.71. The normalized spacial score (nSPS) is 11.2. The van der Waals surface area contributed by atoms with E-state index in [-0.39, 0.29) is 22.8 Å². The maximum absolute atomic E-state index is 12.0. The fourth-order valence-corrected chi connectivity index (χ4v) is 3.06. The van der Waals surface area contributed by atoms with Gasteiger partial charge in [-0.05, 0) is 36.2 Å². The molecule has 0 atom stereocenters. The van der Waals surface area contributed by atoms with Crippen molar-refractivity contribution >= 4 is 26.7 Å². The zero-order valence-corrected chi connectivity index (χ0v) is 11.1. The number of methoxy groups -OCH3 is 1. The molecule has 0 aliphatic heterocycles. The topological polar surface area (TPSA) is 60.4 Å². The van der Waals surface area contributed by atoms with E-state index in [2.05, 4.69) is 0 Å². The van der Waals surface area contributed by atoms with Crippen LogP contribution in [0.5, 0.6) is 5.75 Å². The summed E-state index contributed by atoms with van der Waals surface area (Å²) in [5.74, 6) is -0.0348. The molecule has 0 N–H and O–H groups in total. The van der Waals surface area contributed by atoms with Crippen molar-refractivity contribution in [1.82, 2.24) is 0 Å². The van der Waals surface area contributed by atoms with E-state index in [1.54, 1.807) is 19.1 Å². The van der Waals surface area contributed by atoms with Gasteiger partial charge in [0.1, 0.15) is 10.6 Å². The molecule has 0 heterocycles. The first-order valence-corrected chi connectivity index (χ1v) is 6.95. The highest BCUT2D eigenvalue weighted by Crippen LogP contribution is 2.26. The van der Waals surface area contributed by atoms with E-state index in [1.165, 1.54) is 13.2 Å². The predicted octanol–water partition coefficient (Wildman–Crippen LogP) is 1.93. The zero-order valence-electron chi connectivity index (χ0n) is 9.57. The van der Waals surface area contributed by atoms with Gasteiger partial charge in [0, 0.05) is 6.42 Å². The first-order valence-electron chi connectivity index (χ1n) is 4.92. The molecule has 1 aromatic carbocycles. The Morgan fingerprint density at radius 1 is 1.41 bits per heavy atom. The zero-order chi connectivity index (χ0) is 13.1. The van der Waals surface area contributed by atoms with Gasteiger partial charge in [0.15, 0.2) is 9.84 Å². The fraction of sp³-hybridized carbons (Fsp3) is 0.364. The average molecular weight is 277 g/mol. The second-order valence-corrected chi connectivity index (χ2v) is 6.08. The number of benzene rings is 1. The lowest BCUT2D eigenvalue weighted by Crippen LogP contribution is -2.10. The minimum Gasteiger partial charge on any atom is -0.495 e. The lowest BCUT2D eigenvalue weighted by molar-refractivity contribution is -0.111. The maximum atomic E-state index is 12.0. The summed E-state index contributed by atoms with van der Waals surface area (Å²) in [5.41, 5.74) is 0.807. The molecular weight excluding hydrogens is 264 g/mol. The van der Waals surface area contributed by atoms with Gasteiger partial charge in [0.2, 0.25) is 5.24 Å². The monoisotopic (exact) mass is 276 g/mol. The maximum Gasteiger partial charge on any atom is 0.222 e. The minimum atomic E-state index is -3.55. The fourth-order valence-electron chi connectivity index (χ4n) is 1.35. The summed E-state index contributed by atoms with van der Waals surface area (Å²) in [7, 11) is -2.15. The molecule has 0 saturated carbocycles. The summed E-state index contributed by atoms with van der Waals surface area (Å²) < 4.78 is 29.0. The van der Waals surface area contributed by atoms with Gasteiger partial charge in [-0.3, -0.25) is 4.79 Å². The van der Waals surface area contributed by atoms with Gasteiger partial charge >= 0.3 is 0 Å². The Morgan fingerprint density at radius 2 is 2.06 bits per heavy atom. The molecule has 0 bridgehead atoms. The van der Waals surface area contributed by atoms with Crippen molar-refractivity contribution in [2.24, 2.45) is 0 Å². The van der Waals surface area contributed by atoms with Crippen LogP contribution in [-0.2, 0) is 14.6 Å². The molecule has 0 saturated heterocycles. The summed E-state index contributed by atoms with van der Waals surface area (Å²) in [6, 6.07) is 4.86. The van der Waals surface area contributed by atoms with Gasteiger partial charge in [-0.2, -0.15) is 0 Å². The summed E-state index contributed by atoms with van der Waals surface area (Å²) in [6.45, 7) is 1.78. The highest BCUT2D eigenvalue weighted by Gasteiger charge is 2.20. The Labute approximate surface area is 105 Å². The number of halogens is 1. The summed E-state index contributed by atoms with van der Waals surface area (Å²) in [4.78, 5) is 10.7. The number of aryl methyl sites for hydroxylation is 1. The van der Waals surface area contributed by atoms with Crippen molar-refractivity contribution in [2.45, 2.75) is 18.2 Å². The van der Waals surface area contributed by atoms with Crippen molar-refractivity contribution in [3.63, 3.8) is 0 Å². The molecule has 0 fully saturated rings. The van der Waals surface area contributed by atoms with E-state index in [9.17, 15) is 13.2 Å². The molecule has 0 spiro atoms. The molecule has 0 aromatic heterocycles. The van der Waals surface area contributed by atoms with Crippen LogP contribution < -0.4 is 4.74 Å². The smallest absolute Gasteiger partial charge is 0.222 e. The SMILES string of the molecule is COc1ccc(C)cc1S(=O)(=O)CCC(=O)Cl. The summed E-state index contributed by atoms with van der Waals surface area (Å²) >= 11 is 5.14. The molecule has 0 aliphatic carbocycles.